The molecule has 0 saturated carbocycles. The van der Waals surface area contributed by atoms with Crippen molar-refractivity contribution >= 4 is 38.5 Å². The minimum absolute atomic E-state index is 0.00112. The third-order valence-corrected chi connectivity index (χ3v) is 7.16. The average molecular weight is 439 g/mol. The fourth-order valence-electron chi connectivity index (χ4n) is 3.93. The van der Waals surface area contributed by atoms with Gasteiger partial charge in [0.1, 0.15) is 16.5 Å². The Morgan fingerprint density at radius 1 is 1.03 bits per heavy atom. The third kappa shape index (κ3) is 3.05. The smallest absolute Gasteiger partial charge is 0.267 e. The van der Waals surface area contributed by atoms with Crippen LogP contribution < -0.4 is 15.8 Å². The number of rotatable bonds is 3. The Balaban J connectivity index is 1.65. The van der Waals surface area contributed by atoms with Crippen LogP contribution >= 0.6 is 0 Å². The maximum absolute atomic E-state index is 14.4. The molecule has 0 bridgehead atoms. The van der Waals surface area contributed by atoms with E-state index in [-0.39, 0.29) is 23.2 Å². The highest BCUT2D eigenvalue weighted by Crippen LogP contribution is 2.37. The molecule has 31 heavy (non-hydrogen) atoms. The van der Waals surface area contributed by atoms with Crippen LogP contribution in [0.25, 0.3) is 11.0 Å². The van der Waals surface area contributed by atoms with E-state index in [9.17, 15) is 12.8 Å². The van der Waals surface area contributed by atoms with Gasteiger partial charge in [-0.1, -0.05) is 30.3 Å². The first-order chi connectivity index (χ1) is 14.9. The zero-order valence-corrected chi connectivity index (χ0v) is 17.0. The van der Waals surface area contributed by atoms with E-state index in [4.69, 9.17) is 11.5 Å². The van der Waals surface area contributed by atoms with Crippen LogP contribution in [0.4, 0.5) is 21.8 Å². The molecule has 0 fully saturated rings. The van der Waals surface area contributed by atoms with E-state index in [1.54, 1.807) is 16.8 Å². The number of nitrogens with two attached hydrogens (primary N) is 2. The van der Waals surface area contributed by atoms with E-state index < -0.39 is 21.9 Å². The van der Waals surface area contributed by atoms with E-state index in [1.807, 2.05) is 12.1 Å². The highest BCUT2D eigenvalue weighted by Gasteiger charge is 2.36. The van der Waals surface area contributed by atoms with Gasteiger partial charge in [-0.3, -0.25) is 4.31 Å². The number of para-hydroxylation sites is 1. The molecule has 1 atom stereocenters. The molecule has 4 N–H and O–H groups in total. The molecular weight excluding hydrogens is 421 g/mol. The zero-order valence-electron chi connectivity index (χ0n) is 16.2. The molecule has 2 aromatic heterocycles. The van der Waals surface area contributed by atoms with Gasteiger partial charge >= 0.3 is 0 Å². The van der Waals surface area contributed by atoms with Crippen molar-refractivity contribution in [2.75, 3.05) is 22.3 Å². The first-order valence-corrected chi connectivity index (χ1v) is 10.9. The molecule has 0 aliphatic carbocycles. The van der Waals surface area contributed by atoms with E-state index in [2.05, 4.69) is 15.1 Å². The molecule has 11 heteroatoms. The highest BCUT2D eigenvalue weighted by atomic mass is 32.2. The quantitative estimate of drug-likeness (QED) is 0.499. The molecule has 1 aliphatic heterocycles. The molecular formula is C20H18FN7O2S. The van der Waals surface area contributed by atoms with Crippen LogP contribution in [0.2, 0.25) is 0 Å². The predicted molar refractivity (Wildman–Crippen MR) is 114 cm³/mol. The Bertz CT molecular complexity index is 1420. The normalized spacial score (nSPS) is 16.4. The van der Waals surface area contributed by atoms with Crippen molar-refractivity contribution in [3.8, 4) is 0 Å². The van der Waals surface area contributed by atoms with Crippen LogP contribution in [0.15, 0.2) is 59.6 Å². The summed E-state index contributed by atoms with van der Waals surface area (Å²) in [5, 5.41) is 4.91. The van der Waals surface area contributed by atoms with Gasteiger partial charge < -0.3 is 11.5 Å². The largest absolute Gasteiger partial charge is 0.383 e. The lowest BCUT2D eigenvalue weighted by Gasteiger charge is -2.35. The van der Waals surface area contributed by atoms with Gasteiger partial charge in [-0.2, -0.15) is 15.1 Å². The van der Waals surface area contributed by atoms with Gasteiger partial charge in [0.05, 0.1) is 29.9 Å². The Morgan fingerprint density at radius 3 is 2.58 bits per heavy atom. The number of hydrogen-bond donors (Lipinski definition) is 2. The van der Waals surface area contributed by atoms with Crippen molar-refractivity contribution in [3.05, 3.63) is 66.1 Å². The number of benzene rings is 2. The number of nitrogens with zero attached hydrogens (tertiary/aromatic N) is 5. The summed E-state index contributed by atoms with van der Waals surface area (Å²) in [7, 11) is -4.16. The molecule has 0 radical (unpaired) electrons. The van der Waals surface area contributed by atoms with Crippen LogP contribution in [0.1, 0.15) is 11.6 Å². The van der Waals surface area contributed by atoms with E-state index >= 15 is 0 Å². The van der Waals surface area contributed by atoms with Crippen LogP contribution in [-0.2, 0) is 16.4 Å². The molecule has 2 aromatic carbocycles. The molecule has 3 heterocycles. The summed E-state index contributed by atoms with van der Waals surface area (Å²) < 4.78 is 44.1. The second-order valence-electron chi connectivity index (χ2n) is 7.25. The first kappa shape index (κ1) is 19.2. The maximum atomic E-state index is 14.4. The molecule has 0 saturated heterocycles. The zero-order chi connectivity index (χ0) is 21.8. The second-order valence-corrected chi connectivity index (χ2v) is 9.08. The Labute approximate surface area is 177 Å². The fourth-order valence-corrected chi connectivity index (χ4v) is 5.54. The van der Waals surface area contributed by atoms with Crippen molar-refractivity contribution in [2.45, 2.75) is 17.4 Å². The van der Waals surface area contributed by atoms with Crippen LogP contribution in [-0.4, -0.2) is 34.7 Å². The molecule has 9 nitrogen and oxygen atoms in total. The van der Waals surface area contributed by atoms with Crippen LogP contribution in [0.3, 0.4) is 0 Å². The van der Waals surface area contributed by atoms with Crippen molar-refractivity contribution < 1.29 is 12.8 Å². The predicted octanol–water partition coefficient (Wildman–Crippen LogP) is 2.12. The summed E-state index contributed by atoms with van der Waals surface area (Å²) >= 11 is 0. The van der Waals surface area contributed by atoms with Gasteiger partial charge in [-0.15, -0.1) is 0 Å². The van der Waals surface area contributed by atoms with Crippen LogP contribution in [0.5, 0.6) is 0 Å². The lowest BCUT2D eigenvalue weighted by molar-refractivity contribution is 0.455. The monoisotopic (exact) mass is 439 g/mol. The maximum Gasteiger partial charge on any atom is 0.267 e. The summed E-state index contributed by atoms with van der Waals surface area (Å²) in [4.78, 5) is 7.81. The summed E-state index contributed by atoms with van der Waals surface area (Å²) in [6, 6.07) is 12.0. The molecule has 5 rings (SSSR count). The van der Waals surface area contributed by atoms with E-state index in [0.29, 0.717) is 23.1 Å². The van der Waals surface area contributed by atoms with Crippen molar-refractivity contribution in [3.63, 3.8) is 0 Å². The molecule has 0 amide bonds. The van der Waals surface area contributed by atoms with Gasteiger partial charge in [-0.05, 0) is 30.2 Å². The van der Waals surface area contributed by atoms with Gasteiger partial charge in [0.15, 0.2) is 5.65 Å². The van der Waals surface area contributed by atoms with Gasteiger partial charge in [0, 0.05) is 0 Å². The number of sulfonamides is 1. The number of halogens is 1. The summed E-state index contributed by atoms with van der Waals surface area (Å²) in [6.45, 7) is 0.0360. The number of anilines is 3. The van der Waals surface area contributed by atoms with Crippen molar-refractivity contribution in [2.24, 2.45) is 0 Å². The molecule has 158 valence electrons. The average Bonchev–Trinajstić information content (AvgIpc) is 3.17. The molecule has 4 aromatic rings. The standard InChI is InChI=1S/C20H18FN7O2S/c21-15-6-2-4-8-17(15)31(29,30)27-11-13(9-12-5-1-3-7-16(12)27)28-19-14(10-24-28)18(22)25-20(23)26-19/h1-8,10,13H,9,11H2,(H4,22,23,25,26). The van der Waals surface area contributed by atoms with Crippen molar-refractivity contribution in [1.29, 1.82) is 0 Å². The Morgan fingerprint density at radius 2 is 1.77 bits per heavy atom. The fraction of sp³-hybridized carbons (Fsp3) is 0.150. The lowest BCUT2D eigenvalue weighted by atomic mass is 10.00. The third-order valence-electron chi connectivity index (χ3n) is 5.34. The highest BCUT2D eigenvalue weighted by molar-refractivity contribution is 7.92. The Kier molecular flexibility index (Phi) is 4.29. The van der Waals surface area contributed by atoms with Gasteiger partial charge in [0.2, 0.25) is 5.95 Å². The molecule has 1 unspecified atom stereocenters. The lowest BCUT2D eigenvalue weighted by Crippen LogP contribution is -2.41. The number of aromatic nitrogens is 4. The minimum atomic E-state index is -4.16. The number of hydrogen-bond acceptors (Lipinski definition) is 7. The Hall–Kier alpha value is -3.73. The SMILES string of the molecule is Nc1nc(N)c2cnn(C3Cc4ccccc4N(S(=O)(=O)c4ccccc4F)C3)c2n1. The molecule has 1 aliphatic rings. The summed E-state index contributed by atoms with van der Waals surface area (Å²) in [5.41, 5.74) is 13.4. The van der Waals surface area contributed by atoms with Crippen molar-refractivity contribution in [1.82, 2.24) is 19.7 Å². The molecule has 0 spiro atoms. The number of fused-ring (bicyclic) bond motifs is 2. The summed E-state index contributed by atoms with van der Waals surface area (Å²) in [5.74, 6) is -0.612. The number of nitrogen functional groups attached to an aromatic ring is 2. The topological polar surface area (TPSA) is 133 Å². The minimum Gasteiger partial charge on any atom is -0.383 e. The van der Waals surface area contributed by atoms with Crippen LogP contribution in [0, 0.1) is 5.82 Å². The van der Waals surface area contributed by atoms with E-state index in [0.717, 1.165) is 11.6 Å². The first-order valence-electron chi connectivity index (χ1n) is 9.47. The second kappa shape index (κ2) is 6.91. The van der Waals surface area contributed by atoms with Gasteiger partial charge in [-0.25, -0.2) is 17.5 Å². The van der Waals surface area contributed by atoms with Gasteiger partial charge in [0.25, 0.3) is 10.0 Å². The summed E-state index contributed by atoms with van der Waals surface area (Å²) in [6.07, 6.45) is 2.03. The van der Waals surface area contributed by atoms with E-state index in [1.165, 1.54) is 28.7 Å².